The number of anilines is 1. The third-order valence-corrected chi connectivity index (χ3v) is 5.65. The smallest absolute Gasteiger partial charge is 0.304 e. The number of hydrogen-bond donors (Lipinski definition) is 3. The van der Waals surface area contributed by atoms with Gasteiger partial charge in [0.05, 0.1) is 6.42 Å². The van der Waals surface area contributed by atoms with Gasteiger partial charge >= 0.3 is 5.97 Å². The lowest BCUT2D eigenvalue weighted by Crippen LogP contribution is -2.42. The molecule has 0 saturated carbocycles. The molecule has 0 spiro atoms. The molecule has 1 aliphatic heterocycles. The van der Waals surface area contributed by atoms with Crippen LogP contribution in [-0.2, 0) is 23.7 Å². The van der Waals surface area contributed by atoms with Gasteiger partial charge in [0.1, 0.15) is 18.6 Å². The lowest BCUT2D eigenvalue weighted by atomic mass is 9.97. The zero-order valence-electron chi connectivity index (χ0n) is 18.4. The molecule has 0 saturated heterocycles. The Bertz CT molecular complexity index is 919. The van der Waals surface area contributed by atoms with E-state index in [9.17, 15) is 18.7 Å². The molecule has 6 nitrogen and oxygen atoms in total. The van der Waals surface area contributed by atoms with Crippen LogP contribution >= 0.6 is 0 Å². The highest BCUT2D eigenvalue weighted by molar-refractivity contribution is 5.66. The maximum atomic E-state index is 14.1. The number of hydrogen-bond acceptors (Lipinski definition) is 5. The van der Waals surface area contributed by atoms with Gasteiger partial charge in [-0.3, -0.25) is 4.79 Å². The van der Waals surface area contributed by atoms with E-state index in [0.29, 0.717) is 18.8 Å². The summed E-state index contributed by atoms with van der Waals surface area (Å²) in [5.41, 5.74) is 2.78. The molecule has 0 fully saturated rings. The number of nitrogens with zero attached hydrogens (tertiary/aromatic N) is 1. The van der Waals surface area contributed by atoms with Gasteiger partial charge in [-0.1, -0.05) is 38.1 Å². The molecule has 0 bridgehead atoms. The molecule has 2 aromatic rings. The summed E-state index contributed by atoms with van der Waals surface area (Å²) in [6, 6.07) is 11.9. The first-order chi connectivity index (χ1) is 15.2. The van der Waals surface area contributed by atoms with E-state index in [-0.39, 0.29) is 25.1 Å². The summed E-state index contributed by atoms with van der Waals surface area (Å²) < 4.78 is 34.1. The molecule has 1 atom stereocenters. The zero-order chi connectivity index (χ0) is 23.3. The van der Waals surface area contributed by atoms with E-state index in [1.165, 1.54) is 26.0 Å². The Morgan fingerprint density at radius 2 is 1.94 bits per heavy atom. The third kappa shape index (κ3) is 5.75. The number of fused-ring (bicyclic) bond motifs is 1. The Labute approximate surface area is 186 Å². The summed E-state index contributed by atoms with van der Waals surface area (Å²) in [7, 11) is 0. The number of ether oxygens (including phenoxy) is 1. The number of rotatable bonds is 11. The molecule has 3 N–H and O–H groups in total. The first-order valence-corrected chi connectivity index (χ1v) is 10.8. The largest absolute Gasteiger partial charge is 0.489 e. The molecule has 0 aliphatic carbocycles. The summed E-state index contributed by atoms with van der Waals surface area (Å²) in [6.07, 6.45) is 0.0178. The predicted octanol–water partition coefficient (Wildman–Crippen LogP) is 3.76. The number of aliphatic hydroxyl groups is 1. The standard InChI is InChI=1S/C24H30F2N2O4/c1-16(2)24(25,26)19-5-3-17(4-6-19)15-32-20-7-8-21-18(13-20)10-12-28(21)22(29)14-27-11-9-23(30)31/h3-8,13,16,22,27,29H,9-12,14-15H2,1-2H3,(H,30,31). The fourth-order valence-electron chi connectivity index (χ4n) is 3.66. The second-order valence-electron chi connectivity index (χ2n) is 8.33. The monoisotopic (exact) mass is 448 g/mol. The van der Waals surface area contributed by atoms with Crippen molar-refractivity contribution in [1.29, 1.82) is 0 Å². The van der Waals surface area contributed by atoms with Crippen LogP contribution in [0.3, 0.4) is 0 Å². The SMILES string of the molecule is CC(C)C(F)(F)c1ccc(COc2ccc3c(c2)CCN3C(O)CNCCC(=O)O)cc1. The van der Waals surface area contributed by atoms with E-state index in [2.05, 4.69) is 5.32 Å². The van der Waals surface area contributed by atoms with Crippen LogP contribution < -0.4 is 15.0 Å². The number of carbonyl (C=O) groups is 1. The number of nitrogens with one attached hydrogen (secondary N) is 1. The van der Waals surface area contributed by atoms with E-state index >= 15 is 0 Å². The van der Waals surface area contributed by atoms with Crippen LogP contribution in [0.2, 0.25) is 0 Å². The van der Waals surface area contributed by atoms with Crippen LogP contribution in [0.4, 0.5) is 14.5 Å². The van der Waals surface area contributed by atoms with Gasteiger partial charge < -0.3 is 25.2 Å². The number of carboxylic acid groups (broad SMARTS) is 1. The summed E-state index contributed by atoms with van der Waals surface area (Å²) in [6.45, 7) is 4.51. The van der Waals surface area contributed by atoms with Crippen LogP contribution in [0.1, 0.15) is 37.0 Å². The van der Waals surface area contributed by atoms with Gasteiger partial charge in [-0.05, 0) is 35.7 Å². The fraction of sp³-hybridized carbons (Fsp3) is 0.458. The van der Waals surface area contributed by atoms with E-state index in [1.54, 1.807) is 12.1 Å². The molecule has 1 unspecified atom stereocenters. The molecule has 1 heterocycles. The molecule has 0 radical (unpaired) electrons. The van der Waals surface area contributed by atoms with Crippen molar-refractivity contribution in [3.63, 3.8) is 0 Å². The van der Waals surface area contributed by atoms with Gasteiger partial charge in [-0.15, -0.1) is 0 Å². The van der Waals surface area contributed by atoms with Gasteiger partial charge in [0.25, 0.3) is 5.92 Å². The number of alkyl halides is 2. The number of carboxylic acids is 1. The van der Waals surface area contributed by atoms with Gasteiger partial charge in [0.2, 0.25) is 0 Å². The Kier molecular flexibility index (Phi) is 7.69. The predicted molar refractivity (Wildman–Crippen MR) is 118 cm³/mol. The van der Waals surface area contributed by atoms with Crippen LogP contribution in [0.5, 0.6) is 5.75 Å². The lowest BCUT2D eigenvalue weighted by Gasteiger charge is -2.26. The topological polar surface area (TPSA) is 82.0 Å². The Morgan fingerprint density at radius 1 is 1.22 bits per heavy atom. The maximum Gasteiger partial charge on any atom is 0.304 e. The molecule has 3 rings (SSSR count). The Hall–Kier alpha value is -2.71. The molecule has 0 aromatic heterocycles. The molecule has 0 amide bonds. The van der Waals surface area contributed by atoms with Crippen LogP contribution in [0, 0.1) is 5.92 Å². The van der Waals surface area contributed by atoms with Crippen LogP contribution in [-0.4, -0.2) is 42.0 Å². The number of aliphatic hydroxyl groups excluding tert-OH is 1. The fourth-order valence-corrected chi connectivity index (χ4v) is 3.66. The summed E-state index contributed by atoms with van der Waals surface area (Å²) in [5.74, 6) is -3.83. The Balaban J connectivity index is 1.55. The molecular formula is C24H30F2N2O4. The lowest BCUT2D eigenvalue weighted by molar-refractivity contribution is -0.136. The molecular weight excluding hydrogens is 418 g/mol. The van der Waals surface area contributed by atoms with Crippen LogP contribution in [0.15, 0.2) is 42.5 Å². The third-order valence-electron chi connectivity index (χ3n) is 5.65. The molecule has 8 heteroatoms. The van der Waals surface area contributed by atoms with E-state index in [0.717, 1.165) is 23.2 Å². The van der Waals surface area contributed by atoms with Crippen molar-refractivity contribution >= 4 is 11.7 Å². The zero-order valence-corrected chi connectivity index (χ0v) is 18.4. The Morgan fingerprint density at radius 3 is 2.59 bits per heavy atom. The minimum atomic E-state index is -2.86. The normalized spacial score (nSPS) is 14.5. The van der Waals surface area contributed by atoms with Crippen molar-refractivity contribution in [3.05, 3.63) is 59.2 Å². The minimum Gasteiger partial charge on any atom is -0.489 e. The first-order valence-electron chi connectivity index (χ1n) is 10.8. The molecule has 174 valence electrons. The highest BCUT2D eigenvalue weighted by atomic mass is 19.3. The van der Waals surface area contributed by atoms with Gasteiger partial charge in [0, 0.05) is 36.8 Å². The van der Waals surface area contributed by atoms with E-state index < -0.39 is 24.0 Å². The van der Waals surface area contributed by atoms with Crippen molar-refractivity contribution in [2.45, 2.75) is 45.4 Å². The second kappa shape index (κ2) is 10.3. The number of aliphatic carboxylic acids is 1. The average molecular weight is 449 g/mol. The van der Waals surface area contributed by atoms with Crippen molar-refractivity contribution < 1.29 is 28.5 Å². The minimum absolute atomic E-state index is 0.00452. The van der Waals surface area contributed by atoms with Gasteiger partial charge in [-0.25, -0.2) is 8.78 Å². The highest BCUT2D eigenvalue weighted by Crippen LogP contribution is 2.36. The second-order valence-corrected chi connectivity index (χ2v) is 8.33. The summed E-state index contributed by atoms with van der Waals surface area (Å²) in [5, 5.41) is 22.0. The van der Waals surface area contributed by atoms with E-state index in [4.69, 9.17) is 9.84 Å². The summed E-state index contributed by atoms with van der Waals surface area (Å²) >= 11 is 0. The first kappa shape index (κ1) is 23.9. The molecule has 1 aliphatic rings. The van der Waals surface area contributed by atoms with E-state index in [1.807, 2.05) is 23.1 Å². The van der Waals surface area contributed by atoms with Crippen molar-refractivity contribution in [2.24, 2.45) is 5.92 Å². The van der Waals surface area contributed by atoms with Crippen molar-refractivity contribution in [2.75, 3.05) is 24.5 Å². The van der Waals surface area contributed by atoms with Gasteiger partial charge in [0.15, 0.2) is 0 Å². The summed E-state index contributed by atoms with van der Waals surface area (Å²) in [4.78, 5) is 12.4. The quantitative estimate of drug-likeness (QED) is 0.454. The number of benzene rings is 2. The highest BCUT2D eigenvalue weighted by Gasteiger charge is 2.35. The van der Waals surface area contributed by atoms with Gasteiger partial charge in [-0.2, -0.15) is 0 Å². The van der Waals surface area contributed by atoms with Crippen LogP contribution in [0.25, 0.3) is 0 Å². The molecule has 2 aromatic carbocycles. The van der Waals surface area contributed by atoms with Crippen molar-refractivity contribution in [3.8, 4) is 5.75 Å². The maximum absolute atomic E-state index is 14.1. The van der Waals surface area contributed by atoms with Crippen molar-refractivity contribution in [1.82, 2.24) is 5.32 Å². The average Bonchev–Trinajstić information content (AvgIpc) is 3.18. The number of halogens is 2. The molecule has 32 heavy (non-hydrogen) atoms.